The second-order valence-electron chi connectivity index (χ2n) is 5.53. The van der Waals surface area contributed by atoms with E-state index < -0.39 is 15.9 Å². The highest BCUT2D eigenvalue weighted by atomic mass is 79.9. The summed E-state index contributed by atoms with van der Waals surface area (Å²) in [7, 11) is 0.716. The van der Waals surface area contributed by atoms with Gasteiger partial charge in [0.1, 0.15) is 5.75 Å². The Morgan fingerprint density at radius 1 is 1.19 bits per heavy atom. The number of methoxy groups -OCH3 is 1. The Balaban J connectivity index is 2.26. The van der Waals surface area contributed by atoms with E-state index in [0.29, 0.717) is 5.75 Å². The highest BCUT2D eigenvalue weighted by molar-refractivity contribution is 9.10. The Morgan fingerprint density at radius 2 is 1.92 bits per heavy atom. The van der Waals surface area contributed by atoms with Gasteiger partial charge in [-0.25, -0.2) is 12.7 Å². The first kappa shape index (κ1) is 20.2. The number of benzene rings is 2. The molecular weight excluding hydrogens is 420 g/mol. The van der Waals surface area contributed by atoms with Crippen molar-refractivity contribution in [3.05, 3.63) is 58.6 Å². The number of ether oxygens (including phenoxy) is 1. The summed E-state index contributed by atoms with van der Waals surface area (Å²) in [5.41, 5.74) is 1.13. The predicted octanol–water partition coefficient (Wildman–Crippen LogP) is 3.36. The van der Waals surface area contributed by atoms with Crippen molar-refractivity contribution in [3.63, 3.8) is 0 Å². The zero-order chi connectivity index (χ0) is 19.3. The van der Waals surface area contributed by atoms with Gasteiger partial charge in [0.05, 0.1) is 17.7 Å². The predicted molar refractivity (Wildman–Crippen MR) is 106 cm³/mol. The van der Waals surface area contributed by atoms with Gasteiger partial charge < -0.3 is 10.1 Å². The molecule has 0 unspecified atom stereocenters. The lowest BCUT2D eigenvalue weighted by atomic mass is 10.2. The van der Waals surface area contributed by atoms with Crippen LogP contribution in [0.1, 0.15) is 5.56 Å². The van der Waals surface area contributed by atoms with Crippen molar-refractivity contribution in [2.45, 2.75) is 4.90 Å². The molecule has 0 bridgehead atoms. The minimum atomic E-state index is -3.62. The number of amides is 1. The van der Waals surface area contributed by atoms with Crippen molar-refractivity contribution in [2.75, 3.05) is 26.5 Å². The summed E-state index contributed by atoms with van der Waals surface area (Å²) in [4.78, 5) is 12.3. The van der Waals surface area contributed by atoms with E-state index in [0.717, 1.165) is 14.3 Å². The molecule has 0 saturated carbocycles. The number of hydrogen-bond donors (Lipinski definition) is 1. The van der Waals surface area contributed by atoms with E-state index in [9.17, 15) is 13.2 Å². The fourth-order valence-electron chi connectivity index (χ4n) is 2.11. The molecule has 1 amide bonds. The smallest absolute Gasteiger partial charge is 0.248 e. The van der Waals surface area contributed by atoms with E-state index in [2.05, 4.69) is 21.2 Å². The maximum atomic E-state index is 12.3. The van der Waals surface area contributed by atoms with E-state index >= 15 is 0 Å². The number of nitrogens with zero attached hydrogens (tertiary/aromatic N) is 1. The third-order valence-corrected chi connectivity index (χ3v) is 5.79. The van der Waals surface area contributed by atoms with Crippen LogP contribution in [0.3, 0.4) is 0 Å². The van der Waals surface area contributed by atoms with Gasteiger partial charge in [0, 0.05) is 24.6 Å². The Kier molecular flexibility index (Phi) is 6.57. The number of hydrogen-bond acceptors (Lipinski definition) is 4. The summed E-state index contributed by atoms with van der Waals surface area (Å²) in [6.45, 7) is 0. The Bertz CT molecular complexity index is 940. The molecule has 0 spiro atoms. The zero-order valence-corrected chi connectivity index (χ0v) is 17.0. The number of anilines is 1. The van der Waals surface area contributed by atoms with Gasteiger partial charge in [0.2, 0.25) is 15.9 Å². The molecule has 0 aliphatic rings. The van der Waals surface area contributed by atoms with Crippen LogP contribution in [0.5, 0.6) is 5.75 Å². The molecule has 2 rings (SSSR count). The maximum absolute atomic E-state index is 12.3. The number of halogens is 1. The fourth-order valence-corrected chi connectivity index (χ4v) is 3.46. The summed E-state index contributed by atoms with van der Waals surface area (Å²) in [6, 6.07) is 11.8. The lowest BCUT2D eigenvalue weighted by molar-refractivity contribution is -0.111. The van der Waals surface area contributed by atoms with Crippen LogP contribution in [0.15, 0.2) is 57.9 Å². The van der Waals surface area contributed by atoms with E-state index in [1.807, 2.05) is 24.3 Å². The topological polar surface area (TPSA) is 75.7 Å². The summed E-state index contributed by atoms with van der Waals surface area (Å²) < 4.78 is 31.7. The molecule has 138 valence electrons. The first-order valence-electron chi connectivity index (χ1n) is 7.59. The zero-order valence-electron chi connectivity index (χ0n) is 14.6. The van der Waals surface area contributed by atoms with Gasteiger partial charge >= 0.3 is 0 Å². The average molecular weight is 439 g/mol. The number of carbonyl (C=O) groups is 1. The van der Waals surface area contributed by atoms with Crippen LogP contribution < -0.4 is 10.1 Å². The maximum Gasteiger partial charge on any atom is 0.248 e. The van der Waals surface area contributed by atoms with E-state index in [-0.39, 0.29) is 10.6 Å². The highest BCUT2D eigenvalue weighted by Gasteiger charge is 2.19. The molecule has 2 aromatic rings. The lowest BCUT2D eigenvalue weighted by Crippen LogP contribution is -2.22. The third-order valence-electron chi connectivity index (χ3n) is 3.48. The van der Waals surface area contributed by atoms with Crippen molar-refractivity contribution in [1.82, 2.24) is 4.31 Å². The number of sulfonamides is 1. The first-order valence-corrected chi connectivity index (χ1v) is 9.82. The van der Waals surface area contributed by atoms with Crippen molar-refractivity contribution >= 4 is 43.6 Å². The second-order valence-corrected chi connectivity index (χ2v) is 8.59. The van der Waals surface area contributed by atoms with Crippen molar-refractivity contribution in [1.29, 1.82) is 0 Å². The van der Waals surface area contributed by atoms with Crippen molar-refractivity contribution in [2.24, 2.45) is 0 Å². The summed E-state index contributed by atoms with van der Waals surface area (Å²) in [5.74, 6) is -0.0328. The first-order chi connectivity index (χ1) is 12.2. The molecule has 0 radical (unpaired) electrons. The minimum Gasteiger partial charge on any atom is -0.495 e. The van der Waals surface area contributed by atoms with Gasteiger partial charge in [-0.1, -0.05) is 28.1 Å². The van der Waals surface area contributed by atoms with Crippen LogP contribution in [-0.2, 0) is 14.8 Å². The van der Waals surface area contributed by atoms with E-state index in [1.54, 1.807) is 6.08 Å². The molecular formula is C18H19BrN2O4S. The van der Waals surface area contributed by atoms with Crippen LogP contribution in [0.25, 0.3) is 6.08 Å². The molecule has 0 aliphatic carbocycles. The standard InChI is InChI=1S/C18H19BrN2O4S/c1-21(2)26(23,24)15-8-9-17(25-3)16(12-15)20-18(22)10-7-13-5-4-6-14(19)11-13/h4-12H,1-3H3,(H,20,22). The van der Waals surface area contributed by atoms with Gasteiger partial charge in [0.25, 0.3) is 0 Å². The Hall–Kier alpha value is -2.16. The third kappa shape index (κ3) is 4.94. The van der Waals surface area contributed by atoms with Gasteiger partial charge in [-0.2, -0.15) is 0 Å². The summed E-state index contributed by atoms with van der Waals surface area (Å²) >= 11 is 3.37. The molecule has 0 aliphatic heterocycles. The average Bonchev–Trinajstić information content (AvgIpc) is 2.60. The van der Waals surface area contributed by atoms with Crippen LogP contribution in [0, 0.1) is 0 Å². The second kappa shape index (κ2) is 8.48. The quantitative estimate of drug-likeness (QED) is 0.701. The van der Waals surface area contributed by atoms with E-state index in [1.165, 1.54) is 45.5 Å². The molecule has 0 aromatic heterocycles. The Labute approximate surface area is 161 Å². The Morgan fingerprint density at radius 3 is 2.54 bits per heavy atom. The van der Waals surface area contributed by atoms with Crippen LogP contribution in [-0.4, -0.2) is 39.8 Å². The highest BCUT2D eigenvalue weighted by Crippen LogP contribution is 2.28. The van der Waals surface area contributed by atoms with Crippen LogP contribution >= 0.6 is 15.9 Å². The molecule has 2 aromatic carbocycles. The van der Waals surface area contributed by atoms with Crippen molar-refractivity contribution < 1.29 is 17.9 Å². The van der Waals surface area contributed by atoms with Gasteiger partial charge in [-0.3, -0.25) is 4.79 Å². The van der Waals surface area contributed by atoms with Gasteiger partial charge in [0.15, 0.2) is 0 Å². The largest absolute Gasteiger partial charge is 0.495 e. The minimum absolute atomic E-state index is 0.0644. The monoisotopic (exact) mass is 438 g/mol. The van der Waals surface area contributed by atoms with Crippen LogP contribution in [0.2, 0.25) is 0 Å². The SMILES string of the molecule is COc1ccc(S(=O)(=O)N(C)C)cc1NC(=O)C=Cc1cccc(Br)c1. The summed E-state index contributed by atoms with van der Waals surface area (Å²) in [5, 5.41) is 2.65. The molecule has 1 N–H and O–H groups in total. The number of nitrogens with one attached hydrogen (secondary N) is 1. The molecule has 0 saturated heterocycles. The van der Waals surface area contributed by atoms with Gasteiger partial charge in [-0.15, -0.1) is 0 Å². The molecule has 0 heterocycles. The number of rotatable bonds is 6. The summed E-state index contributed by atoms with van der Waals surface area (Å²) in [6.07, 6.45) is 3.03. The van der Waals surface area contributed by atoms with Crippen molar-refractivity contribution in [3.8, 4) is 5.75 Å². The number of carbonyl (C=O) groups excluding carboxylic acids is 1. The van der Waals surface area contributed by atoms with E-state index in [4.69, 9.17) is 4.74 Å². The van der Waals surface area contributed by atoms with Crippen LogP contribution in [0.4, 0.5) is 5.69 Å². The van der Waals surface area contributed by atoms with Gasteiger partial charge in [-0.05, 0) is 42.0 Å². The fraction of sp³-hybridized carbons (Fsp3) is 0.167. The normalized spacial score (nSPS) is 11.7. The molecule has 6 nitrogen and oxygen atoms in total. The molecule has 8 heteroatoms. The molecule has 0 fully saturated rings. The molecule has 26 heavy (non-hydrogen) atoms. The lowest BCUT2D eigenvalue weighted by Gasteiger charge is -2.14. The molecule has 0 atom stereocenters.